The van der Waals surface area contributed by atoms with Gasteiger partial charge in [0.2, 0.25) is 5.91 Å². The molecule has 1 fully saturated rings. The van der Waals surface area contributed by atoms with Crippen molar-refractivity contribution in [3.05, 3.63) is 89.5 Å². The highest BCUT2D eigenvalue weighted by Gasteiger charge is 2.34. The molecule has 30 heavy (non-hydrogen) atoms. The highest BCUT2D eigenvalue weighted by molar-refractivity contribution is 8.00. The summed E-state index contributed by atoms with van der Waals surface area (Å²) in [7, 11) is 1.61. The molecule has 0 saturated carbocycles. The van der Waals surface area contributed by atoms with E-state index in [1.807, 2.05) is 79.7 Å². The molecule has 0 unspecified atom stereocenters. The number of thioether (sulfide) groups is 1. The average molecular weight is 419 g/mol. The summed E-state index contributed by atoms with van der Waals surface area (Å²) in [6.45, 7) is 1.92. The van der Waals surface area contributed by atoms with Crippen LogP contribution in [0.1, 0.15) is 26.9 Å². The first-order chi connectivity index (χ1) is 14.6. The number of nitrogens with zero attached hydrogens (tertiary/aromatic N) is 1. The minimum absolute atomic E-state index is 0.0650. The second-order valence-corrected chi connectivity index (χ2v) is 8.09. The van der Waals surface area contributed by atoms with Crippen molar-refractivity contribution >= 4 is 35.0 Å². The van der Waals surface area contributed by atoms with Gasteiger partial charge in [-0.1, -0.05) is 36.4 Å². The quantitative estimate of drug-likeness (QED) is 0.631. The predicted molar refractivity (Wildman–Crippen MR) is 121 cm³/mol. The second kappa shape index (κ2) is 8.63. The van der Waals surface area contributed by atoms with Crippen molar-refractivity contribution in [2.24, 2.45) is 0 Å². The number of benzene rings is 3. The van der Waals surface area contributed by atoms with Crippen LogP contribution in [-0.2, 0) is 4.79 Å². The molecule has 0 aliphatic carbocycles. The van der Waals surface area contributed by atoms with Gasteiger partial charge in [0.05, 0.1) is 12.9 Å². The van der Waals surface area contributed by atoms with Gasteiger partial charge in [-0.15, -0.1) is 11.8 Å². The molecule has 0 spiro atoms. The summed E-state index contributed by atoms with van der Waals surface area (Å²) >= 11 is 1.59. The molecule has 0 bridgehead atoms. The van der Waals surface area contributed by atoms with Crippen LogP contribution in [0.15, 0.2) is 72.8 Å². The molecule has 1 aliphatic rings. The number of hydrogen-bond donors (Lipinski definition) is 1. The largest absolute Gasteiger partial charge is 0.497 e. The van der Waals surface area contributed by atoms with Gasteiger partial charge < -0.3 is 10.1 Å². The Balaban J connectivity index is 1.53. The molecule has 5 nitrogen and oxygen atoms in total. The Morgan fingerprint density at radius 2 is 1.83 bits per heavy atom. The molecular weight excluding hydrogens is 396 g/mol. The van der Waals surface area contributed by atoms with Crippen LogP contribution in [-0.4, -0.2) is 24.7 Å². The molecule has 0 aromatic heterocycles. The predicted octanol–water partition coefficient (Wildman–Crippen LogP) is 5.03. The van der Waals surface area contributed by atoms with Crippen molar-refractivity contribution in [1.29, 1.82) is 0 Å². The van der Waals surface area contributed by atoms with E-state index in [1.165, 1.54) is 0 Å². The molecule has 1 aliphatic heterocycles. The van der Waals surface area contributed by atoms with E-state index in [-0.39, 0.29) is 17.2 Å². The highest BCUT2D eigenvalue weighted by Crippen LogP contribution is 2.42. The molecule has 1 saturated heterocycles. The first-order valence-electron chi connectivity index (χ1n) is 9.61. The second-order valence-electron chi connectivity index (χ2n) is 7.02. The van der Waals surface area contributed by atoms with Gasteiger partial charge in [-0.25, -0.2) is 0 Å². The minimum atomic E-state index is -0.135. The maximum absolute atomic E-state index is 12.6. The van der Waals surface area contributed by atoms with Crippen molar-refractivity contribution < 1.29 is 14.3 Å². The molecule has 1 N–H and O–H groups in total. The number of methoxy groups -OCH3 is 1. The average Bonchev–Trinajstić information content (AvgIpc) is 3.16. The zero-order valence-corrected chi connectivity index (χ0v) is 17.6. The molecular formula is C24H22N2O3S. The lowest BCUT2D eigenvalue weighted by molar-refractivity contribution is -0.115. The molecule has 152 valence electrons. The number of nitrogens with one attached hydrogen (secondary N) is 1. The summed E-state index contributed by atoms with van der Waals surface area (Å²) in [6.07, 6.45) is 0. The fourth-order valence-corrected chi connectivity index (χ4v) is 4.64. The number of anilines is 2. The maximum Gasteiger partial charge on any atom is 0.255 e. The fraction of sp³-hybridized carbons (Fsp3) is 0.167. The standard InChI is InChI=1S/C24H22N2O3S/c1-16-6-3-4-9-21(16)23(28)25-18-12-10-17(11-13-18)24-26(22(27)15-30-24)19-7-5-8-20(14-19)29-2/h3-14,24H,15H2,1-2H3,(H,25,28)/t24-/m0/s1. The van der Waals surface area contributed by atoms with E-state index in [9.17, 15) is 9.59 Å². The highest BCUT2D eigenvalue weighted by atomic mass is 32.2. The van der Waals surface area contributed by atoms with Gasteiger partial charge in [-0.05, 0) is 48.4 Å². The fourth-order valence-electron chi connectivity index (χ4n) is 3.47. The summed E-state index contributed by atoms with van der Waals surface area (Å²) in [5, 5.41) is 2.82. The summed E-state index contributed by atoms with van der Waals surface area (Å²) in [5.74, 6) is 1.07. The molecule has 1 heterocycles. The van der Waals surface area contributed by atoms with E-state index in [4.69, 9.17) is 4.74 Å². The first kappa shape index (κ1) is 20.0. The van der Waals surface area contributed by atoms with Crippen LogP contribution in [0, 0.1) is 6.92 Å². The zero-order chi connectivity index (χ0) is 21.1. The van der Waals surface area contributed by atoms with Crippen LogP contribution >= 0.6 is 11.8 Å². The number of amides is 2. The number of hydrogen-bond acceptors (Lipinski definition) is 4. The van der Waals surface area contributed by atoms with Gasteiger partial charge >= 0.3 is 0 Å². The summed E-state index contributed by atoms with van der Waals surface area (Å²) in [6, 6.07) is 22.7. The third kappa shape index (κ3) is 4.04. The maximum atomic E-state index is 12.6. The Hall–Kier alpha value is -3.25. The smallest absolute Gasteiger partial charge is 0.255 e. The van der Waals surface area contributed by atoms with Crippen LogP contribution in [0.3, 0.4) is 0 Å². The molecule has 0 radical (unpaired) electrons. The summed E-state index contributed by atoms with van der Waals surface area (Å²) in [4.78, 5) is 26.9. The van der Waals surface area contributed by atoms with Gasteiger partial charge in [-0.2, -0.15) is 0 Å². The van der Waals surface area contributed by atoms with Crippen LogP contribution in [0.5, 0.6) is 5.75 Å². The number of carbonyl (C=O) groups is 2. The van der Waals surface area contributed by atoms with Crippen LogP contribution in [0.25, 0.3) is 0 Å². The number of aryl methyl sites for hydroxylation is 1. The Morgan fingerprint density at radius 3 is 2.57 bits per heavy atom. The van der Waals surface area contributed by atoms with Crippen molar-refractivity contribution in [3.8, 4) is 5.75 Å². The Morgan fingerprint density at radius 1 is 1.07 bits per heavy atom. The minimum Gasteiger partial charge on any atom is -0.497 e. The molecule has 4 rings (SSSR count). The summed E-state index contributed by atoms with van der Waals surface area (Å²) in [5.41, 5.74) is 4.12. The molecule has 1 atom stereocenters. The van der Waals surface area contributed by atoms with Crippen molar-refractivity contribution in [2.45, 2.75) is 12.3 Å². The van der Waals surface area contributed by atoms with E-state index in [0.29, 0.717) is 22.8 Å². The van der Waals surface area contributed by atoms with E-state index < -0.39 is 0 Å². The number of carbonyl (C=O) groups excluding carboxylic acids is 2. The van der Waals surface area contributed by atoms with Gasteiger partial charge in [0, 0.05) is 23.0 Å². The number of rotatable bonds is 5. The third-order valence-corrected chi connectivity index (χ3v) is 6.26. The lowest BCUT2D eigenvalue weighted by Gasteiger charge is -2.25. The Labute approximate surface area is 180 Å². The van der Waals surface area contributed by atoms with Gasteiger partial charge in [0.1, 0.15) is 11.1 Å². The van der Waals surface area contributed by atoms with Gasteiger partial charge in [0.25, 0.3) is 5.91 Å². The molecule has 6 heteroatoms. The summed E-state index contributed by atoms with van der Waals surface area (Å²) < 4.78 is 5.30. The van der Waals surface area contributed by atoms with Crippen molar-refractivity contribution in [1.82, 2.24) is 0 Å². The molecule has 2 amide bonds. The number of ether oxygens (including phenoxy) is 1. The normalized spacial score (nSPS) is 15.9. The van der Waals surface area contributed by atoms with E-state index >= 15 is 0 Å². The zero-order valence-electron chi connectivity index (χ0n) is 16.8. The molecule has 3 aromatic carbocycles. The van der Waals surface area contributed by atoms with E-state index in [1.54, 1.807) is 23.8 Å². The third-order valence-electron chi connectivity index (χ3n) is 5.04. The van der Waals surface area contributed by atoms with Gasteiger partial charge in [0.15, 0.2) is 0 Å². The lowest BCUT2D eigenvalue weighted by Crippen LogP contribution is -2.27. The van der Waals surface area contributed by atoms with Crippen molar-refractivity contribution in [2.75, 3.05) is 23.1 Å². The van der Waals surface area contributed by atoms with Crippen LogP contribution < -0.4 is 15.0 Å². The lowest BCUT2D eigenvalue weighted by atomic mass is 10.1. The van der Waals surface area contributed by atoms with Crippen molar-refractivity contribution in [3.63, 3.8) is 0 Å². The monoisotopic (exact) mass is 418 g/mol. The van der Waals surface area contributed by atoms with Crippen LogP contribution in [0.2, 0.25) is 0 Å². The van der Waals surface area contributed by atoms with Crippen LogP contribution in [0.4, 0.5) is 11.4 Å². The topological polar surface area (TPSA) is 58.6 Å². The first-order valence-corrected chi connectivity index (χ1v) is 10.7. The van der Waals surface area contributed by atoms with E-state index in [2.05, 4.69) is 5.32 Å². The molecule has 3 aromatic rings. The van der Waals surface area contributed by atoms with Gasteiger partial charge in [-0.3, -0.25) is 14.5 Å². The Bertz CT molecular complexity index is 1080. The SMILES string of the molecule is COc1cccc(N2C(=O)CS[C@H]2c2ccc(NC(=O)c3ccccc3C)cc2)c1. The van der Waals surface area contributed by atoms with E-state index in [0.717, 1.165) is 16.8 Å². The Kier molecular flexibility index (Phi) is 5.77.